The standard InChI is InChI=1S/C21H15F6NO3S/c1-11-18(32-19(29)28-11)8-12-3-6-16(17(7-12)30-2)31-10-13-4-5-14(20(22,23)24)9-15(13)21(25,26)27/h3-9H,10H2,1-2H3/b18-8-. The smallest absolute Gasteiger partial charge is 0.416 e. The summed E-state index contributed by atoms with van der Waals surface area (Å²) in [4.78, 5) is 15.8. The zero-order chi connectivity index (χ0) is 23.7. The van der Waals surface area contributed by atoms with Gasteiger partial charge in [0.1, 0.15) is 6.61 Å². The molecule has 32 heavy (non-hydrogen) atoms. The quantitative estimate of drug-likeness (QED) is 0.438. The SMILES string of the molecule is COc1cc(/C=C2\SC(=O)N=C2C)ccc1OCc1ccc(C(F)(F)F)cc1C(F)(F)F. The second kappa shape index (κ2) is 8.89. The Morgan fingerprint density at radius 1 is 1.00 bits per heavy atom. The van der Waals surface area contributed by atoms with E-state index in [1.165, 1.54) is 13.2 Å². The van der Waals surface area contributed by atoms with E-state index < -0.39 is 35.6 Å². The van der Waals surface area contributed by atoms with Crippen LogP contribution in [0.25, 0.3) is 6.08 Å². The Balaban J connectivity index is 1.85. The van der Waals surface area contributed by atoms with Gasteiger partial charge in [-0.15, -0.1) is 0 Å². The Bertz CT molecular complexity index is 1110. The molecule has 3 rings (SSSR count). The molecule has 2 aromatic rings. The molecule has 0 saturated carbocycles. The predicted molar refractivity (Wildman–Crippen MR) is 108 cm³/mol. The van der Waals surface area contributed by atoms with E-state index in [0.717, 1.165) is 17.8 Å². The van der Waals surface area contributed by atoms with Crippen LogP contribution >= 0.6 is 11.8 Å². The van der Waals surface area contributed by atoms with Gasteiger partial charge in [0, 0.05) is 10.5 Å². The van der Waals surface area contributed by atoms with Crippen molar-refractivity contribution >= 4 is 28.8 Å². The maximum absolute atomic E-state index is 13.3. The lowest BCUT2D eigenvalue weighted by molar-refractivity contribution is -0.143. The molecule has 0 saturated heterocycles. The van der Waals surface area contributed by atoms with Gasteiger partial charge in [0.15, 0.2) is 11.5 Å². The summed E-state index contributed by atoms with van der Waals surface area (Å²) in [7, 11) is 1.33. The highest BCUT2D eigenvalue weighted by atomic mass is 32.2. The second-order valence-corrected chi connectivity index (χ2v) is 7.63. The van der Waals surface area contributed by atoms with Crippen LogP contribution in [0.3, 0.4) is 0 Å². The van der Waals surface area contributed by atoms with Gasteiger partial charge in [0.2, 0.25) is 0 Å². The molecule has 1 heterocycles. The Hall–Kier alpha value is -2.95. The molecule has 1 aliphatic rings. The molecule has 11 heteroatoms. The third-order valence-electron chi connectivity index (χ3n) is 4.42. The van der Waals surface area contributed by atoms with Gasteiger partial charge in [-0.25, -0.2) is 4.99 Å². The number of rotatable bonds is 5. The van der Waals surface area contributed by atoms with Crippen LogP contribution < -0.4 is 9.47 Å². The van der Waals surface area contributed by atoms with Gasteiger partial charge >= 0.3 is 17.6 Å². The summed E-state index contributed by atoms with van der Waals surface area (Å²) < 4.78 is 89.0. The molecular weight excluding hydrogens is 460 g/mol. The molecule has 0 aromatic heterocycles. The summed E-state index contributed by atoms with van der Waals surface area (Å²) in [5, 5.41) is -0.335. The number of halogens is 6. The van der Waals surface area contributed by atoms with Crippen LogP contribution in [0.4, 0.5) is 31.1 Å². The topological polar surface area (TPSA) is 47.9 Å². The van der Waals surface area contributed by atoms with E-state index in [4.69, 9.17) is 9.47 Å². The highest BCUT2D eigenvalue weighted by Crippen LogP contribution is 2.38. The van der Waals surface area contributed by atoms with Gasteiger partial charge in [-0.1, -0.05) is 12.1 Å². The van der Waals surface area contributed by atoms with E-state index in [1.807, 2.05) is 0 Å². The zero-order valence-electron chi connectivity index (χ0n) is 16.6. The number of carbonyl (C=O) groups excluding carboxylic acids is 1. The Kier molecular flexibility index (Phi) is 6.59. The highest BCUT2D eigenvalue weighted by Gasteiger charge is 2.38. The number of alkyl halides is 6. The highest BCUT2D eigenvalue weighted by molar-refractivity contribution is 8.18. The van der Waals surface area contributed by atoms with Crippen molar-refractivity contribution in [1.29, 1.82) is 0 Å². The maximum Gasteiger partial charge on any atom is 0.416 e. The molecule has 0 spiro atoms. The molecule has 1 amide bonds. The molecule has 0 fully saturated rings. The minimum absolute atomic E-state index is 0.0651. The van der Waals surface area contributed by atoms with Crippen LogP contribution in [0.15, 0.2) is 46.3 Å². The molecule has 0 unspecified atom stereocenters. The fourth-order valence-corrected chi connectivity index (χ4v) is 3.62. The Labute approximate surface area is 182 Å². The summed E-state index contributed by atoms with van der Waals surface area (Å²) in [5.41, 5.74) is -2.09. The summed E-state index contributed by atoms with van der Waals surface area (Å²) in [6.07, 6.45) is -8.20. The van der Waals surface area contributed by atoms with Crippen molar-refractivity contribution < 1.29 is 40.6 Å². The first-order valence-electron chi connectivity index (χ1n) is 8.96. The molecule has 0 aliphatic carbocycles. The first-order chi connectivity index (χ1) is 14.9. The summed E-state index contributed by atoms with van der Waals surface area (Å²) in [6.45, 7) is 1.06. The number of allylic oxidation sites excluding steroid dienone is 1. The van der Waals surface area contributed by atoms with Gasteiger partial charge in [-0.05, 0) is 54.6 Å². The van der Waals surface area contributed by atoms with Gasteiger partial charge in [-0.3, -0.25) is 4.79 Å². The number of ether oxygens (including phenoxy) is 2. The average molecular weight is 475 g/mol. The lowest BCUT2D eigenvalue weighted by atomic mass is 10.0. The third kappa shape index (κ3) is 5.45. The molecule has 0 bridgehead atoms. The minimum Gasteiger partial charge on any atom is -0.493 e. The lowest BCUT2D eigenvalue weighted by Crippen LogP contribution is -2.14. The van der Waals surface area contributed by atoms with Crippen LogP contribution in [-0.2, 0) is 19.0 Å². The molecular formula is C21H15F6NO3S. The number of hydrogen-bond donors (Lipinski definition) is 0. The molecule has 2 aromatic carbocycles. The van der Waals surface area contributed by atoms with E-state index in [9.17, 15) is 31.1 Å². The molecule has 0 N–H and O–H groups in total. The van der Waals surface area contributed by atoms with E-state index in [-0.39, 0.29) is 22.8 Å². The first-order valence-corrected chi connectivity index (χ1v) is 9.77. The van der Waals surface area contributed by atoms with Crippen molar-refractivity contribution in [2.24, 2.45) is 4.99 Å². The maximum atomic E-state index is 13.3. The number of thioether (sulfide) groups is 1. The van der Waals surface area contributed by atoms with Crippen LogP contribution in [0.5, 0.6) is 11.5 Å². The van der Waals surface area contributed by atoms with Crippen LogP contribution in [0, 0.1) is 0 Å². The summed E-state index contributed by atoms with van der Waals surface area (Å²) in [6, 6.07) is 5.99. The van der Waals surface area contributed by atoms with E-state index in [2.05, 4.69) is 4.99 Å². The number of carbonyl (C=O) groups is 1. The predicted octanol–water partition coefficient (Wildman–Crippen LogP) is 6.98. The Morgan fingerprint density at radius 3 is 2.28 bits per heavy atom. The number of hydrogen-bond acceptors (Lipinski definition) is 4. The molecule has 0 atom stereocenters. The number of amides is 1. The largest absolute Gasteiger partial charge is 0.493 e. The zero-order valence-corrected chi connectivity index (χ0v) is 17.4. The number of aliphatic imine (C=N–C) groups is 1. The van der Waals surface area contributed by atoms with E-state index >= 15 is 0 Å². The normalized spacial score (nSPS) is 15.8. The van der Waals surface area contributed by atoms with Gasteiger partial charge in [-0.2, -0.15) is 26.3 Å². The number of methoxy groups -OCH3 is 1. The van der Waals surface area contributed by atoms with Crippen molar-refractivity contribution in [3.05, 3.63) is 63.6 Å². The first kappa shape index (κ1) is 23.7. The minimum atomic E-state index is -4.99. The fourth-order valence-electron chi connectivity index (χ4n) is 2.86. The van der Waals surface area contributed by atoms with Crippen LogP contribution in [-0.4, -0.2) is 18.1 Å². The summed E-state index contributed by atoms with van der Waals surface area (Å²) >= 11 is 0.960. The molecule has 0 radical (unpaired) electrons. The molecule has 170 valence electrons. The lowest BCUT2D eigenvalue weighted by Gasteiger charge is -2.17. The second-order valence-electron chi connectivity index (χ2n) is 6.64. The summed E-state index contributed by atoms with van der Waals surface area (Å²) in [5.74, 6) is 0.298. The monoisotopic (exact) mass is 475 g/mol. The number of nitrogens with zero attached hydrogens (tertiary/aromatic N) is 1. The Morgan fingerprint density at radius 2 is 1.72 bits per heavy atom. The van der Waals surface area contributed by atoms with Crippen molar-refractivity contribution in [1.82, 2.24) is 0 Å². The van der Waals surface area contributed by atoms with Gasteiger partial charge < -0.3 is 9.47 Å². The number of benzene rings is 2. The van der Waals surface area contributed by atoms with Crippen LogP contribution in [0.2, 0.25) is 0 Å². The molecule has 1 aliphatic heterocycles. The van der Waals surface area contributed by atoms with E-state index in [0.29, 0.717) is 22.2 Å². The van der Waals surface area contributed by atoms with Crippen molar-refractivity contribution in [3.63, 3.8) is 0 Å². The van der Waals surface area contributed by atoms with Crippen molar-refractivity contribution in [3.8, 4) is 11.5 Å². The van der Waals surface area contributed by atoms with Gasteiger partial charge in [0.05, 0.1) is 23.9 Å². The third-order valence-corrected chi connectivity index (χ3v) is 5.32. The van der Waals surface area contributed by atoms with Crippen LogP contribution in [0.1, 0.15) is 29.2 Å². The van der Waals surface area contributed by atoms with Crippen molar-refractivity contribution in [2.45, 2.75) is 25.9 Å². The van der Waals surface area contributed by atoms with E-state index in [1.54, 1.807) is 25.1 Å². The fraction of sp³-hybridized carbons (Fsp3) is 0.238. The average Bonchev–Trinajstić information content (AvgIpc) is 3.01. The van der Waals surface area contributed by atoms with Crippen molar-refractivity contribution in [2.75, 3.05) is 7.11 Å². The molecule has 4 nitrogen and oxygen atoms in total. The van der Waals surface area contributed by atoms with Gasteiger partial charge in [0.25, 0.3) is 0 Å².